The van der Waals surface area contributed by atoms with Crippen molar-refractivity contribution in [2.24, 2.45) is 0 Å². The van der Waals surface area contributed by atoms with Crippen molar-refractivity contribution < 1.29 is 4.74 Å². The lowest BCUT2D eigenvalue weighted by molar-refractivity contribution is 0.416. The van der Waals surface area contributed by atoms with Crippen molar-refractivity contribution in [2.45, 2.75) is 19.4 Å². The molecule has 0 saturated carbocycles. The number of allylic oxidation sites excluding steroid dienone is 1. The highest BCUT2D eigenvalue weighted by Gasteiger charge is 2.19. The number of nitrogens with zero attached hydrogens (tertiary/aromatic N) is 1. The zero-order valence-electron chi connectivity index (χ0n) is 16.1. The van der Waals surface area contributed by atoms with Gasteiger partial charge in [-0.3, -0.25) is 0 Å². The van der Waals surface area contributed by atoms with Gasteiger partial charge in [0.1, 0.15) is 11.6 Å². The average Bonchev–Trinajstić information content (AvgIpc) is 3.35. The number of nitrogens with one attached hydrogen (secondary N) is 3. The Hall–Kier alpha value is -3.47. The predicted molar refractivity (Wildman–Crippen MR) is 113 cm³/mol. The molecule has 0 saturated heterocycles. The highest BCUT2D eigenvalue weighted by molar-refractivity contribution is 5.83. The molecular weight excluding hydrogens is 348 g/mol. The summed E-state index contributed by atoms with van der Waals surface area (Å²) in [6, 6.07) is 16.2. The Morgan fingerprint density at radius 1 is 1.11 bits per heavy atom. The Kier molecular flexibility index (Phi) is 4.89. The zero-order chi connectivity index (χ0) is 19.5. The summed E-state index contributed by atoms with van der Waals surface area (Å²) in [6.45, 7) is 5.99. The molecule has 4 aromatic rings. The van der Waals surface area contributed by atoms with Crippen LogP contribution in [0.25, 0.3) is 22.2 Å². The molecule has 0 fully saturated rings. The van der Waals surface area contributed by atoms with Crippen molar-refractivity contribution in [3.63, 3.8) is 0 Å². The molecule has 28 heavy (non-hydrogen) atoms. The zero-order valence-corrected chi connectivity index (χ0v) is 16.1. The maximum atomic E-state index is 5.48. The summed E-state index contributed by atoms with van der Waals surface area (Å²) in [4.78, 5) is 11.5. The van der Waals surface area contributed by atoms with Crippen LogP contribution in [0.4, 0.5) is 0 Å². The van der Waals surface area contributed by atoms with Gasteiger partial charge < -0.3 is 20.0 Å². The third-order valence-corrected chi connectivity index (χ3v) is 4.83. The second-order valence-corrected chi connectivity index (χ2v) is 6.91. The average molecular weight is 372 g/mol. The molecule has 2 aromatic carbocycles. The molecule has 0 aliphatic heterocycles. The number of imidazole rings is 1. The molecule has 1 atom stereocenters. The fourth-order valence-corrected chi connectivity index (χ4v) is 3.54. The Bertz CT molecular complexity index is 1110. The minimum Gasteiger partial charge on any atom is -0.496 e. The van der Waals surface area contributed by atoms with E-state index in [1.165, 1.54) is 10.9 Å². The molecule has 0 bridgehead atoms. The molecular formula is C23H24N4O. The Balaban J connectivity index is 1.67. The molecule has 5 heteroatoms. The first-order valence-electron chi connectivity index (χ1n) is 9.31. The van der Waals surface area contributed by atoms with E-state index < -0.39 is 0 Å². The van der Waals surface area contributed by atoms with Crippen molar-refractivity contribution in [1.29, 1.82) is 0 Å². The van der Waals surface area contributed by atoms with Gasteiger partial charge in [-0.2, -0.15) is 0 Å². The standard InChI is InChI=1S/C23H24N4O/c1-15(2)26-20(12-16-13-24-19-10-6-4-8-17(16)19)23-25-14-21(27-23)18-9-5-7-11-22(18)28-3/h4-11,13-14,20,24,26H,1,12H2,2-3H3,(H,25,27). The summed E-state index contributed by atoms with van der Waals surface area (Å²) in [5.74, 6) is 1.68. The van der Waals surface area contributed by atoms with Crippen molar-refractivity contribution in [3.8, 4) is 17.0 Å². The van der Waals surface area contributed by atoms with Crippen LogP contribution in [0.15, 0.2) is 73.2 Å². The molecule has 4 rings (SSSR count). The molecule has 5 nitrogen and oxygen atoms in total. The van der Waals surface area contributed by atoms with Gasteiger partial charge in [0.15, 0.2) is 0 Å². The van der Waals surface area contributed by atoms with Gasteiger partial charge in [-0.1, -0.05) is 36.9 Å². The van der Waals surface area contributed by atoms with Crippen LogP contribution in [-0.4, -0.2) is 22.1 Å². The number of ether oxygens (including phenoxy) is 1. The fraction of sp³-hybridized carbons (Fsp3) is 0.174. The van der Waals surface area contributed by atoms with Gasteiger partial charge in [-0.15, -0.1) is 0 Å². The number of aromatic nitrogens is 3. The highest BCUT2D eigenvalue weighted by atomic mass is 16.5. The van der Waals surface area contributed by atoms with E-state index in [2.05, 4.69) is 46.3 Å². The summed E-state index contributed by atoms with van der Waals surface area (Å²) in [6.07, 6.45) is 4.78. The van der Waals surface area contributed by atoms with Gasteiger partial charge in [0.2, 0.25) is 0 Å². The van der Waals surface area contributed by atoms with Crippen molar-refractivity contribution in [2.75, 3.05) is 7.11 Å². The van der Waals surface area contributed by atoms with Gasteiger partial charge in [0.25, 0.3) is 0 Å². The predicted octanol–water partition coefficient (Wildman–Crippen LogP) is 4.97. The maximum absolute atomic E-state index is 5.48. The molecule has 0 aliphatic carbocycles. The Morgan fingerprint density at radius 2 is 1.89 bits per heavy atom. The number of hydrogen-bond acceptors (Lipinski definition) is 3. The van der Waals surface area contributed by atoms with Gasteiger partial charge in [0.05, 0.1) is 18.8 Å². The van der Waals surface area contributed by atoms with Crippen LogP contribution < -0.4 is 10.1 Å². The second-order valence-electron chi connectivity index (χ2n) is 6.91. The largest absolute Gasteiger partial charge is 0.496 e. The third kappa shape index (κ3) is 3.51. The van der Waals surface area contributed by atoms with E-state index in [9.17, 15) is 0 Å². The lowest BCUT2D eigenvalue weighted by Crippen LogP contribution is -2.22. The Morgan fingerprint density at radius 3 is 2.71 bits per heavy atom. The number of para-hydroxylation sites is 2. The monoisotopic (exact) mass is 372 g/mol. The van der Waals surface area contributed by atoms with E-state index in [0.29, 0.717) is 0 Å². The second kappa shape index (κ2) is 7.64. The lowest BCUT2D eigenvalue weighted by atomic mass is 10.0. The van der Waals surface area contributed by atoms with Gasteiger partial charge >= 0.3 is 0 Å². The van der Waals surface area contributed by atoms with E-state index in [1.54, 1.807) is 7.11 Å². The van der Waals surface area contributed by atoms with Gasteiger partial charge in [-0.25, -0.2) is 4.98 Å². The van der Waals surface area contributed by atoms with Crippen LogP contribution in [0.5, 0.6) is 5.75 Å². The SMILES string of the molecule is C=C(C)NC(Cc1c[nH]c2ccccc12)c1nc(-c2ccccc2OC)c[nH]1. The number of rotatable bonds is 7. The van der Waals surface area contributed by atoms with Crippen LogP contribution in [0.2, 0.25) is 0 Å². The molecule has 0 spiro atoms. The molecule has 0 amide bonds. The van der Waals surface area contributed by atoms with E-state index in [-0.39, 0.29) is 6.04 Å². The number of hydrogen-bond donors (Lipinski definition) is 3. The number of methoxy groups -OCH3 is 1. The third-order valence-electron chi connectivity index (χ3n) is 4.83. The number of fused-ring (bicyclic) bond motifs is 1. The Labute approximate surface area is 164 Å². The van der Waals surface area contributed by atoms with Gasteiger partial charge in [-0.05, 0) is 30.7 Å². The van der Waals surface area contributed by atoms with Gasteiger partial charge in [0, 0.05) is 41.0 Å². The van der Waals surface area contributed by atoms with Crippen molar-refractivity contribution in [1.82, 2.24) is 20.3 Å². The summed E-state index contributed by atoms with van der Waals surface area (Å²) >= 11 is 0. The van der Waals surface area contributed by atoms with Crippen LogP contribution in [0, 0.1) is 0 Å². The normalized spacial score (nSPS) is 12.1. The number of H-pyrrole nitrogens is 2. The highest BCUT2D eigenvalue weighted by Crippen LogP contribution is 2.30. The minimum atomic E-state index is -0.0137. The molecule has 142 valence electrons. The van der Waals surface area contributed by atoms with Crippen molar-refractivity contribution >= 4 is 10.9 Å². The van der Waals surface area contributed by atoms with Crippen LogP contribution in [0.3, 0.4) is 0 Å². The summed E-state index contributed by atoms with van der Waals surface area (Å²) in [7, 11) is 1.68. The summed E-state index contributed by atoms with van der Waals surface area (Å²) in [5, 5.41) is 4.69. The first-order chi connectivity index (χ1) is 13.7. The maximum Gasteiger partial charge on any atom is 0.129 e. The first kappa shape index (κ1) is 17.9. The van der Waals surface area contributed by atoms with Crippen molar-refractivity contribution in [3.05, 3.63) is 84.6 Å². The van der Waals surface area contributed by atoms with Crippen LogP contribution in [0.1, 0.15) is 24.4 Å². The lowest BCUT2D eigenvalue weighted by Gasteiger charge is -2.17. The van der Waals surface area contributed by atoms with E-state index >= 15 is 0 Å². The summed E-state index contributed by atoms with van der Waals surface area (Å²) < 4.78 is 5.48. The minimum absolute atomic E-state index is 0.0137. The van der Waals surface area contributed by atoms with E-state index in [1.807, 2.05) is 43.5 Å². The molecule has 2 heterocycles. The number of benzene rings is 2. The molecule has 2 aromatic heterocycles. The van der Waals surface area contributed by atoms with Crippen LogP contribution >= 0.6 is 0 Å². The molecule has 3 N–H and O–H groups in total. The number of aromatic amines is 2. The fourth-order valence-electron chi connectivity index (χ4n) is 3.54. The quantitative estimate of drug-likeness (QED) is 0.429. The molecule has 0 radical (unpaired) electrons. The molecule has 1 unspecified atom stereocenters. The van der Waals surface area contributed by atoms with E-state index in [4.69, 9.17) is 9.72 Å². The topological polar surface area (TPSA) is 65.7 Å². The molecule has 0 aliphatic rings. The first-order valence-corrected chi connectivity index (χ1v) is 9.31. The smallest absolute Gasteiger partial charge is 0.129 e. The summed E-state index contributed by atoms with van der Waals surface area (Å²) in [5.41, 5.74) is 5.11. The van der Waals surface area contributed by atoms with E-state index in [0.717, 1.165) is 40.5 Å². The van der Waals surface area contributed by atoms with Crippen LogP contribution in [-0.2, 0) is 6.42 Å².